The van der Waals surface area contributed by atoms with Crippen molar-refractivity contribution in [3.05, 3.63) is 154 Å². The van der Waals surface area contributed by atoms with Crippen LogP contribution in [0.2, 0.25) is 0 Å². The molecule has 2 heterocycles. The number of hydrogen-bond donors (Lipinski definition) is 0. The Morgan fingerprint density at radius 2 is 0.407 bits per heavy atom. The van der Waals surface area contributed by atoms with Crippen LogP contribution in [0.1, 0.15) is 138 Å². The molecular formula is C48H68N4Sm2-2. The minimum atomic E-state index is 0. The first-order chi connectivity index (χ1) is 24.2. The van der Waals surface area contributed by atoms with E-state index >= 15 is 0 Å². The molecule has 6 rings (SSSR count). The second kappa shape index (κ2) is 25.7. The third-order valence-electron chi connectivity index (χ3n) is 13.1. The maximum atomic E-state index is 3.82. The second-order valence-corrected chi connectivity index (χ2v) is 15.1. The van der Waals surface area contributed by atoms with Crippen LogP contribution in [0.15, 0.2) is 34.8 Å². The Bertz CT molecular complexity index is 802. The molecule has 2 unspecified atom stereocenters. The molecule has 2 atom stereocenters. The largest absolute Gasteiger partial charge is 0.582 e. The Labute approximate surface area is 403 Å². The van der Waals surface area contributed by atoms with Crippen molar-refractivity contribution in [1.82, 2.24) is 0 Å². The molecule has 2 aliphatic heterocycles. The summed E-state index contributed by atoms with van der Waals surface area (Å²) in [4.78, 5) is 0. The van der Waals surface area contributed by atoms with Crippen molar-refractivity contribution in [2.24, 2.45) is 22.0 Å². The molecule has 0 aromatic rings. The van der Waals surface area contributed by atoms with Crippen molar-refractivity contribution in [2.75, 3.05) is 0 Å². The van der Waals surface area contributed by atoms with Gasteiger partial charge in [-0.15, -0.1) is 0 Å². The smallest absolute Gasteiger partial charge is 0.0201 e. The van der Waals surface area contributed by atoms with E-state index in [1.165, 1.54) is 118 Å². The van der Waals surface area contributed by atoms with E-state index in [0.717, 1.165) is 0 Å². The van der Waals surface area contributed by atoms with Crippen molar-refractivity contribution in [3.63, 3.8) is 0 Å². The molecule has 0 bridgehead atoms. The Hall–Kier alpha value is 1.10. The average molecular weight is 1000 g/mol. The topological polar surface area (TPSA) is 52.9 Å². The summed E-state index contributed by atoms with van der Waals surface area (Å²) in [7, 11) is 0. The van der Waals surface area contributed by atoms with Gasteiger partial charge in [-0.2, -0.15) is 12.4 Å². The predicted octanol–water partition coefficient (Wildman–Crippen LogP) is 13.9. The van der Waals surface area contributed by atoms with Gasteiger partial charge in [0.1, 0.15) is 0 Å². The molecule has 6 aliphatic rings. The minimum absolute atomic E-state index is 0. The molecule has 20 radical (unpaired) electrons. The monoisotopic (exact) mass is 1000 g/mol. The second-order valence-electron chi connectivity index (χ2n) is 15.1. The van der Waals surface area contributed by atoms with Crippen molar-refractivity contribution in [3.8, 4) is 0 Å². The summed E-state index contributed by atoms with van der Waals surface area (Å²) >= 11 is 0. The molecule has 4 aliphatic carbocycles. The van der Waals surface area contributed by atoms with Gasteiger partial charge in [-0.25, -0.2) is 0 Å². The molecule has 4 nitrogen and oxygen atoms in total. The van der Waals surface area contributed by atoms with Crippen molar-refractivity contribution >= 4 is 12.4 Å². The number of nitrogens with zero attached hydrogens (tertiary/aromatic N) is 4. The van der Waals surface area contributed by atoms with Crippen LogP contribution in [0.4, 0.5) is 0 Å². The molecule has 0 spiro atoms. The first kappa shape index (κ1) is 55.1. The molecule has 0 aromatic heterocycles. The van der Waals surface area contributed by atoms with E-state index in [-0.39, 0.29) is 92.6 Å². The molecular weight excluding hydrogens is 933 g/mol. The molecule has 0 aromatic carbocycles. The maximum absolute atomic E-state index is 3.82. The van der Waals surface area contributed by atoms with Crippen LogP contribution < -0.4 is 0 Å². The van der Waals surface area contributed by atoms with E-state index in [1.54, 1.807) is 12.4 Å². The molecule has 4 saturated carbocycles. The van der Waals surface area contributed by atoms with Gasteiger partial charge in [0.2, 0.25) is 0 Å². The van der Waals surface area contributed by atoms with Crippen LogP contribution in [0.3, 0.4) is 0 Å². The molecule has 0 N–H and O–H groups in total. The zero-order valence-electron chi connectivity index (χ0n) is 37.2. The fourth-order valence-electron chi connectivity index (χ4n) is 6.76. The predicted molar refractivity (Wildman–Crippen MR) is 227 cm³/mol. The summed E-state index contributed by atoms with van der Waals surface area (Å²) in [5.74, 6) is 29.9. The van der Waals surface area contributed by atoms with Crippen LogP contribution in [-0.2, 0) is 0 Å². The summed E-state index contributed by atoms with van der Waals surface area (Å²) in [5.41, 5.74) is 7.44. The molecule has 6 heteroatoms. The Morgan fingerprint density at radius 3 is 0.500 bits per heavy atom. The van der Waals surface area contributed by atoms with Crippen LogP contribution >= 0.6 is 0 Å². The zero-order chi connectivity index (χ0) is 39.8. The molecule has 0 saturated heterocycles. The number of allylic oxidation sites excluding steroid dienone is 2. The van der Waals surface area contributed by atoms with Gasteiger partial charge in [0, 0.05) is 92.6 Å². The molecule has 54 heavy (non-hydrogen) atoms. The van der Waals surface area contributed by atoms with Gasteiger partial charge in [0.25, 0.3) is 0 Å². The SMILES string of the molecule is C1=CC(C2C=C[N-]N=C2)C=N[N-]1.C[C]1[C](C)[C](C)[C](C)[C]1C.C[C]1[C](C)[C](C)[C](C)[C]1C.C[C]1[C](C)[C](C)[C](C)[C]1C.C[C]1[C](C)[C](C)[C](C)[C]1C.[Sm].[Sm]. The average Bonchev–Trinajstić information content (AvgIpc) is 3.60. The Morgan fingerprint density at radius 1 is 0.278 bits per heavy atom. The molecule has 4 fully saturated rings. The van der Waals surface area contributed by atoms with Gasteiger partial charge < -0.3 is 21.1 Å². The van der Waals surface area contributed by atoms with Gasteiger partial charge >= 0.3 is 0 Å². The Balaban J connectivity index is 0.000000646. The summed E-state index contributed by atoms with van der Waals surface area (Å²) < 4.78 is 0. The van der Waals surface area contributed by atoms with Gasteiger partial charge in [-0.1, -0.05) is 151 Å². The van der Waals surface area contributed by atoms with Crippen LogP contribution in [0, 0.1) is 211 Å². The third kappa shape index (κ3) is 14.1. The van der Waals surface area contributed by atoms with Crippen LogP contribution in [0.25, 0.3) is 10.9 Å². The Kier molecular flexibility index (Phi) is 26.2. The quantitative estimate of drug-likeness (QED) is 0.251. The molecule has 0 amide bonds. The van der Waals surface area contributed by atoms with E-state index in [1.807, 2.05) is 24.6 Å². The minimum Gasteiger partial charge on any atom is -0.582 e. The van der Waals surface area contributed by atoms with Gasteiger partial charge in [-0.05, 0) is 131 Å². The summed E-state index contributed by atoms with van der Waals surface area (Å²) in [6, 6.07) is 0. The number of rotatable bonds is 1. The summed E-state index contributed by atoms with van der Waals surface area (Å²) in [6.07, 6.45) is 11.0. The normalized spacial score (nSPS) is 28.1. The first-order valence-electron chi connectivity index (χ1n) is 18.8. The molecule has 294 valence electrons. The van der Waals surface area contributed by atoms with Crippen LogP contribution in [-0.4, -0.2) is 12.4 Å². The van der Waals surface area contributed by atoms with E-state index < -0.39 is 0 Å². The third-order valence-corrected chi connectivity index (χ3v) is 13.1. The first-order valence-corrected chi connectivity index (χ1v) is 18.8. The summed E-state index contributed by atoms with van der Waals surface area (Å²) in [5, 5.41) is 7.64. The van der Waals surface area contributed by atoms with Gasteiger partial charge in [-0.3, -0.25) is 0 Å². The van der Waals surface area contributed by atoms with E-state index in [2.05, 4.69) is 160 Å². The standard InChI is InChI=1S/4C10H15.C8H8N4.2Sm/c4*1-6-7(2)9(4)10(5)8(6)3;1-3-9-11-5-7(1)8-2-4-10-12-6-8;;/h4*1-5H3;1-8H;;/q;;;;-2;;. The van der Waals surface area contributed by atoms with Crippen molar-refractivity contribution in [2.45, 2.75) is 138 Å². The van der Waals surface area contributed by atoms with E-state index in [4.69, 9.17) is 0 Å². The van der Waals surface area contributed by atoms with Crippen molar-refractivity contribution in [1.29, 1.82) is 0 Å². The van der Waals surface area contributed by atoms with Crippen molar-refractivity contribution < 1.29 is 80.8 Å². The van der Waals surface area contributed by atoms with E-state index in [0.29, 0.717) is 0 Å². The van der Waals surface area contributed by atoms with E-state index in [9.17, 15) is 0 Å². The maximum Gasteiger partial charge on any atom is 0.0201 e. The number of hydrogen-bond acceptors (Lipinski definition) is 2. The van der Waals surface area contributed by atoms with Gasteiger partial charge in [0.15, 0.2) is 0 Å². The zero-order valence-corrected chi connectivity index (χ0v) is 42.5. The fraction of sp³-hybridized carbons (Fsp3) is 0.458. The fourth-order valence-corrected chi connectivity index (χ4v) is 6.76. The van der Waals surface area contributed by atoms with Crippen LogP contribution in [0.5, 0.6) is 0 Å². The summed E-state index contributed by atoms with van der Waals surface area (Å²) in [6.45, 7) is 44.0. The van der Waals surface area contributed by atoms with Gasteiger partial charge in [0.05, 0.1) is 0 Å².